The zero-order valence-electron chi connectivity index (χ0n) is 13.4. The van der Waals surface area contributed by atoms with Crippen LogP contribution in [0, 0.1) is 0 Å². The van der Waals surface area contributed by atoms with Gasteiger partial charge in [0, 0.05) is 24.8 Å². The summed E-state index contributed by atoms with van der Waals surface area (Å²) < 4.78 is 2.06. The number of rotatable bonds is 8. The Bertz CT molecular complexity index is 518. The molecule has 0 aliphatic carbocycles. The van der Waals surface area contributed by atoms with Gasteiger partial charge in [0.2, 0.25) is 0 Å². The highest BCUT2D eigenvalue weighted by Crippen LogP contribution is 2.10. The van der Waals surface area contributed by atoms with Crippen molar-refractivity contribution in [2.24, 2.45) is 0 Å². The largest absolute Gasteiger partial charge is 0.309 e. The van der Waals surface area contributed by atoms with Crippen molar-refractivity contribution in [1.29, 1.82) is 0 Å². The van der Waals surface area contributed by atoms with E-state index in [0.717, 1.165) is 31.5 Å². The third-order valence-corrected chi connectivity index (χ3v) is 4.05. The molecule has 0 saturated heterocycles. The average Bonchev–Trinajstić information content (AvgIpc) is 3.00. The van der Waals surface area contributed by atoms with Gasteiger partial charge in [-0.2, -0.15) is 5.10 Å². The second kappa shape index (κ2) is 7.99. The van der Waals surface area contributed by atoms with Gasteiger partial charge in [-0.1, -0.05) is 37.3 Å². The summed E-state index contributed by atoms with van der Waals surface area (Å²) >= 11 is 0. The first-order valence-corrected chi connectivity index (χ1v) is 8.00. The normalized spacial score (nSPS) is 14.0. The van der Waals surface area contributed by atoms with E-state index in [4.69, 9.17) is 0 Å². The van der Waals surface area contributed by atoms with Crippen molar-refractivity contribution < 1.29 is 0 Å². The van der Waals surface area contributed by atoms with E-state index >= 15 is 0 Å². The highest BCUT2D eigenvalue weighted by atomic mass is 15.3. The van der Waals surface area contributed by atoms with Gasteiger partial charge in [0.25, 0.3) is 0 Å². The Labute approximate surface area is 128 Å². The molecule has 3 nitrogen and oxygen atoms in total. The summed E-state index contributed by atoms with van der Waals surface area (Å²) in [6.45, 7) is 7.48. The standard InChI is InChI=1S/C18H27N3/c1-4-16(3)21-13-12-18(20-21)14-19-15(2)10-11-17-8-6-5-7-9-17/h5-9,12-13,15-16,19H,4,10-11,14H2,1-3H3. The molecule has 21 heavy (non-hydrogen) atoms. The fourth-order valence-corrected chi connectivity index (χ4v) is 2.31. The van der Waals surface area contributed by atoms with Crippen LogP contribution in [-0.4, -0.2) is 15.8 Å². The molecule has 2 unspecified atom stereocenters. The molecule has 0 spiro atoms. The minimum absolute atomic E-state index is 0.481. The van der Waals surface area contributed by atoms with Gasteiger partial charge in [-0.25, -0.2) is 0 Å². The molecule has 3 heteroatoms. The smallest absolute Gasteiger partial charge is 0.0762 e. The fourth-order valence-electron chi connectivity index (χ4n) is 2.31. The summed E-state index contributed by atoms with van der Waals surface area (Å²) in [5, 5.41) is 8.19. The average molecular weight is 285 g/mol. The monoisotopic (exact) mass is 285 g/mol. The summed E-state index contributed by atoms with van der Waals surface area (Å²) in [7, 11) is 0. The van der Waals surface area contributed by atoms with Gasteiger partial charge in [0.15, 0.2) is 0 Å². The summed E-state index contributed by atoms with van der Waals surface area (Å²) in [6.07, 6.45) is 5.47. The zero-order valence-corrected chi connectivity index (χ0v) is 13.4. The van der Waals surface area contributed by atoms with E-state index < -0.39 is 0 Å². The van der Waals surface area contributed by atoms with Crippen LogP contribution in [0.15, 0.2) is 42.6 Å². The minimum atomic E-state index is 0.481. The van der Waals surface area contributed by atoms with Crippen molar-refractivity contribution in [3.63, 3.8) is 0 Å². The Balaban J connectivity index is 1.73. The topological polar surface area (TPSA) is 29.9 Å². The molecular weight excluding hydrogens is 258 g/mol. The van der Waals surface area contributed by atoms with Gasteiger partial charge in [-0.3, -0.25) is 4.68 Å². The Morgan fingerprint density at radius 2 is 1.90 bits per heavy atom. The molecule has 1 aromatic heterocycles. The molecular formula is C18H27N3. The van der Waals surface area contributed by atoms with Crippen molar-refractivity contribution in [1.82, 2.24) is 15.1 Å². The molecule has 0 bridgehead atoms. The van der Waals surface area contributed by atoms with E-state index in [0.29, 0.717) is 12.1 Å². The molecule has 0 saturated carbocycles. The molecule has 1 heterocycles. The Kier molecular flexibility index (Phi) is 6.00. The van der Waals surface area contributed by atoms with Crippen LogP contribution in [0.5, 0.6) is 0 Å². The first kappa shape index (κ1) is 15.8. The number of nitrogens with one attached hydrogen (secondary N) is 1. The number of aromatic nitrogens is 2. The van der Waals surface area contributed by atoms with E-state index in [2.05, 4.69) is 78.5 Å². The Morgan fingerprint density at radius 3 is 2.62 bits per heavy atom. The fraction of sp³-hybridized carbons (Fsp3) is 0.500. The quantitative estimate of drug-likeness (QED) is 0.795. The van der Waals surface area contributed by atoms with Gasteiger partial charge < -0.3 is 5.32 Å². The van der Waals surface area contributed by atoms with Crippen LogP contribution < -0.4 is 5.32 Å². The Morgan fingerprint density at radius 1 is 1.14 bits per heavy atom. The third-order valence-electron chi connectivity index (χ3n) is 4.05. The van der Waals surface area contributed by atoms with Crippen molar-refractivity contribution in [2.45, 2.75) is 58.7 Å². The molecule has 0 fully saturated rings. The maximum absolute atomic E-state index is 4.63. The number of hydrogen-bond acceptors (Lipinski definition) is 2. The van der Waals surface area contributed by atoms with Gasteiger partial charge in [-0.15, -0.1) is 0 Å². The summed E-state index contributed by atoms with van der Waals surface area (Å²) in [6, 6.07) is 13.8. The maximum atomic E-state index is 4.63. The first-order valence-electron chi connectivity index (χ1n) is 8.00. The van der Waals surface area contributed by atoms with Crippen LogP contribution in [0.1, 0.15) is 50.9 Å². The second-order valence-corrected chi connectivity index (χ2v) is 5.85. The maximum Gasteiger partial charge on any atom is 0.0762 e. The van der Waals surface area contributed by atoms with Crippen LogP contribution in [0.2, 0.25) is 0 Å². The number of benzene rings is 1. The van der Waals surface area contributed by atoms with E-state index in [9.17, 15) is 0 Å². The molecule has 2 atom stereocenters. The van der Waals surface area contributed by atoms with Crippen molar-refractivity contribution >= 4 is 0 Å². The molecule has 1 aromatic carbocycles. The predicted octanol–water partition coefficient (Wildman–Crippen LogP) is 3.97. The number of nitrogens with zero attached hydrogens (tertiary/aromatic N) is 2. The predicted molar refractivity (Wildman–Crippen MR) is 88.3 cm³/mol. The summed E-state index contributed by atoms with van der Waals surface area (Å²) in [5.74, 6) is 0. The van der Waals surface area contributed by atoms with E-state index in [1.165, 1.54) is 5.56 Å². The lowest BCUT2D eigenvalue weighted by Gasteiger charge is -2.13. The molecule has 0 aliphatic rings. The van der Waals surface area contributed by atoms with Crippen LogP contribution >= 0.6 is 0 Å². The minimum Gasteiger partial charge on any atom is -0.309 e. The molecule has 2 aromatic rings. The van der Waals surface area contributed by atoms with E-state index in [1.54, 1.807) is 0 Å². The van der Waals surface area contributed by atoms with Crippen LogP contribution in [0.25, 0.3) is 0 Å². The van der Waals surface area contributed by atoms with Gasteiger partial charge >= 0.3 is 0 Å². The van der Waals surface area contributed by atoms with Crippen LogP contribution in [-0.2, 0) is 13.0 Å². The first-order chi connectivity index (χ1) is 10.2. The van der Waals surface area contributed by atoms with Gasteiger partial charge in [0.1, 0.15) is 0 Å². The highest BCUT2D eigenvalue weighted by molar-refractivity contribution is 5.14. The molecule has 2 rings (SSSR count). The lowest BCUT2D eigenvalue weighted by atomic mass is 10.1. The molecule has 1 N–H and O–H groups in total. The van der Waals surface area contributed by atoms with Crippen LogP contribution in [0.4, 0.5) is 0 Å². The van der Waals surface area contributed by atoms with Crippen molar-refractivity contribution in [2.75, 3.05) is 0 Å². The zero-order chi connectivity index (χ0) is 15.1. The SMILES string of the molecule is CCC(C)n1ccc(CNC(C)CCc2ccccc2)n1. The van der Waals surface area contributed by atoms with Crippen LogP contribution in [0.3, 0.4) is 0 Å². The summed E-state index contributed by atoms with van der Waals surface area (Å²) in [4.78, 5) is 0. The van der Waals surface area contributed by atoms with E-state index in [1.807, 2.05) is 0 Å². The Hall–Kier alpha value is -1.61. The van der Waals surface area contributed by atoms with E-state index in [-0.39, 0.29) is 0 Å². The number of aryl methyl sites for hydroxylation is 1. The molecule has 0 radical (unpaired) electrons. The van der Waals surface area contributed by atoms with Gasteiger partial charge in [-0.05, 0) is 44.7 Å². The molecule has 0 aliphatic heterocycles. The number of hydrogen-bond donors (Lipinski definition) is 1. The lowest BCUT2D eigenvalue weighted by molar-refractivity contribution is 0.463. The lowest BCUT2D eigenvalue weighted by Crippen LogP contribution is -2.26. The second-order valence-electron chi connectivity index (χ2n) is 5.85. The van der Waals surface area contributed by atoms with Gasteiger partial charge in [0.05, 0.1) is 5.69 Å². The third kappa shape index (κ3) is 5.01. The van der Waals surface area contributed by atoms with Crippen molar-refractivity contribution in [3.05, 3.63) is 53.9 Å². The molecule has 0 amide bonds. The highest BCUT2D eigenvalue weighted by Gasteiger charge is 2.06. The molecule has 114 valence electrons. The van der Waals surface area contributed by atoms with Crippen molar-refractivity contribution in [3.8, 4) is 0 Å². The summed E-state index contributed by atoms with van der Waals surface area (Å²) in [5.41, 5.74) is 2.54.